The number of rotatable bonds is 1. The maximum absolute atomic E-state index is 10.4. The molecule has 11 heavy (non-hydrogen) atoms. The Morgan fingerprint density at radius 1 is 1.55 bits per heavy atom. The van der Waals surface area contributed by atoms with Crippen molar-refractivity contribution in [2.24, 2.45) is 0 Å². The molecule has 0 heterocycles. The first-order chi connectivity index (χ1) is 5.27. The Hall–Kier alpha value is -1.55. The van der Waals surface area contributed by atoms with Gasteiger partial charge in [0.25, 0.3) is 0 Å². The molecule has 0 amide bonds. The van der Waals surface area contributed by atoms with E-state index in [2.05, 4.69) is 5.92 Å². The minimum atomic E-state index is 0.667. The average molecular weight is 144 g/mol. The summed E-state index contributed by atoms with van der Waals surface area (Å²) in [6.45, 7) is 1.88. The topological polar surface area (TPSA) is 17.1 Å². The molecule has 1 aromatic rings. The summed E-state index contributed by atoms with van der Waals surface area (Å²) in [6, 6.07) is 5.38. The van der Waals surface area contributed by atoms with Gasteiger partial charge in [-0.15, -0.1) is 6.42 Å². The molecule has 54 valence electrons. The normalized spacial score (nSPS) is 8.73. The number of terminal acetylenes is 1. The summed E-state index contributed by atoms with van der Waals surface area (Å²) in [5.41, 5.74) is 2.37. The van der Waals surface area contributed by atoms with Crippen LogP contribution < -0.4 is 0 Å². The van der Waals surface area contributed by atoms with Crippen molar-refractivity contribution in [1.82, 2.24) is 0 Å². The molecule has 0 aliphatic rings. The average Bonchev–Trinajstić information content (AvgIpc) is 2.05. The van der Waals surface area contributed by atoms with E-state index in [9.17, 15) is 4.79 Å². The van der Waals surface area contributed by atoms with Crippen LogP contribution in [0.3, 0.4) is 0 Å². The summed E-state index contributed by atoms with van der Waals surface area (Å²) in [5, 5.41) is 0. The summed E-state index contributed by atoms with van der Waals surface area (Å²) in [7, 11) is 0. The largest absolute Gasteiger partial charge is 0.298 e. The van der Waals surface area contributed by atoms with Crippen LogP contribution in [0.15, 0.2) is 18.2 Å². The number of hydrogen-bond donors (Lipinski definition) is 0. The maximum Gasteiger partial charge on any atom is 0.150 e. The van der Waals surface area contributed by atoms with Crippen molar-refractivity contribution in [3.8, 4) is 12.3 Å². The van der Waals surface area contributed by atoms with Crippen LogP contribution in [0.4, 0.5) is 0 Å². The Bertz CT molecular complexity index is 318. The second-order valence-corrected chi connectivity index (χ2v) is 2.33. The van der Waals surface area contributed by atoms with Gasteiger partial charge in [0.2, 0.25) is 0 Å². The van der Waals surface area contributed by atoms with E-state index in [0.29, 0.717) is 5.56 Å². The molecule has 0 aliphatic heterocycles. The number of aryl methyl sites for hydroxylation is 1. The third-order valence-electron chi connectivity index (χ3n) is 1.57. The van der Waals surface area contributed by atoms with Gasteiger partial charge in [-0.3, -0.25) is 4.79 Å². The lowest BCUT2D eigenvalue weighted by molar-refractivity contribution is 0.112. The molecular formula is C10H8O. The SMILES string of the molecule is C#Cc1ccc(C)c(C=O)c1. The summed E-state index contributed by atoms with van der Waals surface area (Å²) < 4.78 is 0. The Kier molecular flexibility index (Phi) is 2.08. The quantitative estimate of drug-likeness (QED) is 0.434. The van der Waals surface area contributed by atoms with Crippen LogP contribution in [-0.2, 0) is 0 Å². The van der Waals surface area contributed by atoms with Gasteiger partial charge in [0.15, 0.2) is 0 Å². The molecule has 0 radical (unpaired) electrons. The number of benzene rings is 1. The predicted octanol–water partition coefficient (Wildman–Crippen LogP) is 1.79. The Labute approximate surface area is 66.1 Å². The van der Waals surface area contributed by atoms with Gasteiger partial charge in [-0.05, 0) is 24.6 Å². The third kappa shape index (κ3) is 1.47. The van der Waals surface area contributed by atoms with Gasteiger partial charge in [0.05, 0.1) is 0 Å². The molecule has 1 heteroatoms. The van der Waals surface area contributed by atoms with Gasteiger partial charge in [-0.25, -0.2) is 0 Å². The van der Waals surface area contributed by atoms with E-state index in [1.807, 2.05) is 19.1 Å². The van der Waals surface area contributed by atoms with Crippen LogP contribution in [0, 0.1) is 19.3 Å². The molecule has 0 unspecified atom stereocenters. The van der Waals surface area contributed by atoms with Crippen molar-refractivity contribution in [1.29, 1.82) is 0 Å². The van der Waals surface area contributed by atoms with Crippen molar-refractivity contribution >= 4 is 6.29 Å². The second-order valence-electron chi connectivity index (χ2n) is 2.33. The molecule has 0 atom stereocenters. The smallest absolute Gasteiger partial charge is 0.150 e. The molecule has 0 aliphatic carbocycles. The van der Waals surface area contributed by atoms with Gasteiger partial charge < -0.3 is 0 Å². The van der Waals surface area contributed by atoms with Crippen molar-refractivity contribution in [3.05, 3.63) is 34.9 Å². The first-order valence-corrected chi connectivity index (χ1v) is 3.30. The second kappa shape index (κ2) is 3.03. The van der Waals surface area contributed by atoms with Crippen LogP contribution in [0.1, 0.15) is 21.5 Å². The molecule has 0 bridgehead atoms. The first kappa shape index (κ1) is 7.56. The number of aldehydes is 1. The summed E-state index contributed by atoms with van der Waals surface area (Å²) in [6.07, 6.45) is 5.97. The summed E-state index contributed by atoms with van der Waals surface area (Å²) in [5.74, 6) is 2.47. The monoisotopic (exact) mass is 144 g/mol. The van der Waals surface area contributed by atoms with Crippen LogP contribution in [0.2, 0.25) is 0 Å². The molecule has 0 aromatic heterocycles. The summed E-state index contributed by atoms with van der Waals surface area (Å²) in [4.78, 5) is 10.4. The minimum absolute atomic E-state index is 0.667. The van der Waals surface area contributed by atoms with Gasteiger partial charge in [-0.1, -0.05) is 12.0 Å². The lowest BCUT2D eigenvalue weighted by atomic mass is 10.1. The van der Waals surface area contributed by atoms with E-state index in [1.54, 1.807) is 6.07 Å². The van der Waals surface area contributed by atoms with Crippen LogP contribution >= 0.6 is 0 Å². The van der Waals surface area contributed by atoms with Crippen LogP contribution in [0.25, 0.3) is 0 Å². The van der Waals surface area contributed by atoms with E-state index < -0.39 is 0 Å². The minimum Gasteiger partial charge on any atom is -0.298 e. The van der Waals surface area contributed by atoms with Crippen molar-refractivity contribution in [2.45, 2.75) is 6.92 Å². The van der Waals surface area contributed by atoms with Crippen LogP contribution in [0.5, 0.6) is 0 Å². The Morgan fingerprint density at radius 3 is 2.82 bits per heavy atom. The number of carbonyl (C=O) groups excluding carboxylic acids is 1. The van der Waals surface area contributed by atoms with E-state index in [0.717, 1.165) is 17.4 Å². The van der Waals surface area contributed by atoms with Gasteiger partial charge in [0, 0.05) is 11.1 Å². The Balaban J connectivity index is 3.25. The lowest BCUT2D eigenvalue weighted by Gasteiger charge is -1.96. The highest BCUT2D eigenvalue weighted by molar-refractivity contribution is 5.77. The van der Waals surface area contributed by atoms with E-state index in [4.69, 9.17) is 6.42 Å². The fourth-order valence-corrected chi connectivity index (χ4v) is 0.857. The van der Waals surface area contributed by atoms with E-state index >= 15 is 0 Å². The van der Waals surface area contributed by atoms with E-state index in [-0.39, 0.29) is 0 Å². The van der Waals surface area contributed by atoms with Crippen molar-refractivity contribution in [3.63, 3.8) is 0 Å². The molecular weight excluding hydrogens is 136 g/mol. The first-order valence-electron chi connectivity index (χ1n) is 3.30. The highest BCUT2D eigenvalue weighted by Gasteiger charge is 1.95. The molecule has 1 rings (SSSR count). The molecule has 0 saturated carbocycles. The van der Waals surface area contributed by atoms with Crippen LogP contribution in [-0.4, -0.2) is 6.29 Å². The molecule has 1 nitrogen and oxygen atoms in total. The van der Waals surface area contributed by atoms with Gasteiger partial charge >= 0.3 is 0 Å². The maximum atomic E-state index is 10.4. The zero-order valence-electron chi connectivity index (χ0n) is 6.29. The number of hydrogen-bond acceptors (Lipinski definition) is 1. The molecule has 1 aromatic carbocycles. The lowest BCUT2D eigenvalue weighted by Crippen LogP contribution is -1.86. The highest BCUT2D eigenvalue weighted by atomic mass is 16.1. The Morgan fingerprint density at radius 2 is 2.27 bits per heavy atom. The van der Waals surface area contributed by atoms with E-state index in [1.165, 1.54) is 0 Å². The third-order valence-corrected chi connectivity index (χ3v) is 1.57. The zero-order valence-corrected chi connectivity index (χ0v) is 6.29. The fourth-order valence-electron chi connectivity index (χ4n) is 0.857. The predicted molar refractivity (Wildman–Crippen MR) is 44.5 cm³/mol. The van der Waals surface area contributed by atoms with Gasteiger partial charge in [0.1, 0.15) is 6.29 Å². The number of carbonyl (C=O) groups is 1. The van der Waals surface area contributed by atoms with Crippen molar-refractivity contribution < 1.29 is 4.79 Å². The molecule has 0 spiro atoms. The fraction of sp³-hybridized carbons (Fsp3) is 0.100. The van der Waals surface area contributed by atoms with Gasteiger partial charge in [-0.2, -0.15) is 0 Å². The van der Waals surface area contributed by atoms with Crippen molar-refractivity contribution in [2.75, 3.05) is 0 Å². The standard InChI is InChI=1S/C10H8O/c1-3-9-5-4-8(2)10(6-9)7-11/h1,4-7H,2H3. The summed E-state index contributed by atoms with van der Waals surface area (Å²) >= 11 is 0. The molecule has 0 fully saturated rings. The molecule has 0 saturated heterocycles. The highest BCUT2D eigenvalue weighted by Crippen LogP contribution is 2.07. The molecule has 0 N–H and O–H groups in total. The zero-order chi connectivity index (χ0) is 8.27.